The Balaban J connectivity index is 1.55. The van der Waals surface area contributed by atoms with E-state index in [1.165, 1.54) is 56.2 Å². The van der Waals surface area contributed by atoms with Gasteiger partial charge in [-0.2, -0.15) is 0 Å². The van der Waals surface area contributed by atoms with Crippen molar-refractivity contribution in [2.24, 2.45) is 11.8 Å². The lowest BCUT2D eigenvalue weighted by molar-refractivity contribution is 0.0280. The van der Waals surface area contributed by atoms with Crippen molar-refractivity contribution in [3.8, 4) is 5.75 Å². The molecule has 36 heavy (non-hydrogen) atoms. The fraction of sp³-hybridized carbons (Fsp3) is 0.548. The van der Waals surface area contributed by atoms with Gasteiger partial charge in [0.2, 0.25) is 0 Å². The summed E-state index contributed by atoms with van der Waals surface area (Å²) in [6.07, 6.45) is 9.97. The molecule has 0 heterocycles. The fourth-order valence-electron chi connectivity index (χ4n) is 5.36. The van der Waals surface area contributed by atoms with Gasteiger partial charge in [0.15, 0.2) is 0 Å². The molecule has 0 spiro atoms. The topological polar surface area (TPSA) is 52.6 Å². The predicted octanol–water partition coefficient (Wildman–Crippen LogP) is 8.49. The highest BCUT2D eigenvalue weighted by molar-refractivity contribution is 5.92. The molecule has 1 saturated carbocycles. The molecule has 0 bridgehead atoms. The van der Waals surface area contributed by atoms with Gasteiger partial charge in [-0.1, -0.05) is 58.6 Å². The van der Waals surface area contributed by atoms with Crippen molar-refractivity contribution in [1.29, 1.82) is 0 Å². The van der Waals surface area contributed by atoms with Gasteiger partial charge in [-0.15, -0.1) is 0 Å². The lowest BCUT2D eigenvalue weighted by Gasteiger charge is -2.28. The van der Waals surface area contributed by atoms with Crippen LogP contribution in [0, 0.1) is 17.7 Å². The second kappa shape index (κ2) is 13.6. The van der Waals surface area contributed by atoms with E-state index in [4.69, 9.17) is 9.47 Å². The number of ether oxygens (including phenoxy) is 2. The number of carbonyl (C=O) groups excluding carboxylic acids is 2. The zero-order valence-electron chi connectivity index (χ0n) is 22.2. The van der Waals surface area contributed by atoms with Crippen LogP contribution in [0.25, 0.3) is 0 Å². The summed E-state index contributed by atoms with van der Waals surface area (Å²) < 4.78 is 25.4. The summed E-state index contributed by atoms with van der Waals surface area (Å²) in [6.45, 7) is 8.29. The smallest absolute Gasteiger partial charge is 0.343 e. The minimum absolute atomic E-state index is 0.0532. The van der Waals surface area contributed by atoms with E-state index in [0.29, 0.717) is 17.4 Å². The van der Waals surface area contributed by atoms with Crippen molar-refractivity contribution in [2.75, 3.05) is 0 Å². The van der Waals surface area contributed by atoms with Gasteiger partial charge in [-0.3, -0.25) is 0 Å². The molecular formula is C31H41FO4. The molecule has 1 aliphatic rings. The monoisotopic (exact) mass is 496 g/mol. The summed E-state index contributed by atoms with van der Waals surface area (Å²) in [5.41, 5.74) is 1.51. The van der Waals surface area contributed by atoms with E-state index in [1.807, 2.05) is 19.1 Å². The largest absolute Gasteiger partial charge is 0.459 e. The number of halogens is 1. The molecule has 2 aromatic rings. The van der Waals surface area contributed by atoms with E-state index in [2.05, 4.69) is 20.8 Å². The summed E-state index contributed by atoms with van der Waals surface area (Å²) in [6, 6.07) is 11.4. The number of hydrogen-bond acceptors (Lipinski definition) is 4. The van der Waals surface area contributed by atoms with E-state index in [9.17, 15) is 14.0 Å². The molecule has 0 N–H and O–H groups in total. The standard InChI is InChI=1S/C31H41FO4/c1-5-8-23-9-11-24(12-10-23)25-13-15-26(16-14-25)30(33)36-27-17-18-28(29(32)20-27)31(34)35-21(4)19-22(6-2)7-3/h13-18,20-24H,5-12,19H2,1-4H3/t21-,23-,24-/m1/s1. The lowest BCUT2D eigenvalue weighted by Crippen LogP contribution is -2.19. The van der Waals surface area contributed by atoms with Crippen LogP contribution in [-0.2, 0) is 4.74 Å². The van der Waals surface area contributed by atoms with Crippen LogP contribution in [0.5, 0.6) is 5.75 Å². The van der Waals surface area contributed by atoms with Gasteiger partial charge >= 0.3 is 11.9 Å². The highest BCUT2D eigenvalue weighted by atomic mass is 19.1. The van der Waals surface area contributed by atoms with E-state index in [0.717, 1.165) is 31.2 Å². The van der Waals surface area contributed by atoms with Gasteiger partial charge in [0.25, 0.3) is 0 Å². The molecule has 0 unspecified atom stereocenters. The molecule has 0 amide bonds. The van der Waals surface area contributed by atoms with Crippen molar-refractivity contribution in [1.82, 2.24) is 0 Å². The summed E-state index contributed by atoms with van der Waals surface area (Å²) in [5.74, 6) is -0.111. The molecule has 0 aliphatic heterocycles. The SMILES string of the molecule is CCC[C@H]1CC[C@H](c2ccc(C(=O)Oc3ccc(C(=O)O[C@H](C)CC(CC)CC)c(F)c3)cc2)CC1. The second-order valence-corrected chi connectivity index (χ2v) is 10.3. The molecule has 5 heteroatoms. The van der Waals surface area contributed by atoms with Crippen LogP contribution in [0.2, 0.25) is 0 Å². The Morgan fingerprint density at radius 1 is 0.944 bits per heavy atom. The maximum Gasteiger partial charge on any atom is 0.343 e. The molecule has 1 aliphatic carbocycles. The molecule has 3 rings (SSSR count). The zero-order chi connectivity index (χ0) is 26.1. The van der Waals surface area contributed by atoms with Crippen molar-refractivity contribution in [3.05, 3.63) is 65.0 Å². The Morgan fingerprint density at radius 2 is 1.61 bits per heavy atom. The van der Waals surface area contributed by atoms with E-state index < -0.39 is 17.8 Å². The molecule has 1 fully saturated rings. The van der Waals surface area contributed by atoms with E-state index in [-0.39, 0.29) is 17.4 Å². The highest BCUT2D eigenvalue weighted by Crippen LogP contribution is 2.37. The molecule has 0 aromatic heterocycles. The maximum absolute atomic E-state index is 14.6. The minimum atomic E-state index is -0.769. The molecule has 0 radical (unpaired) electrons. The van der Waals surface area contributed by atoms with E-state index >= 15 is 0 Å². The Labute approximate surface area is 215 Å². The van der Waals surface area contributed by atoms with Crippen LogP contribution in [0.3, 0.4) is 0 Å². The van der Waals surface area contributed by atoms with Crippen LogP contribution in [0.15, 0.2) is 42.5 Å². The normalized spacial score (nSPS) is 18.6. The summed E-state index contributed by atoms with van der Waals surface area (Å²) in [7, 11) is 0. The van der Waals surface area contributed by atoms with Gasteiger partial charge in [-0.25, -0.2) is 14.0 Å². The number of esters is 2. The maximum atomic E-state index is 14.6. The molecule has 2 aromatic carbocycles. The van der Waals surface area contributed by atoms with Crippen LogP contribution in [0.4, 0.5) is 4.39 Å². The number of hydrogen-bond donors (Lipinski definition) is 0. The quantitative estimate of drug-likeness (QED) is 0.231. The van der Waals surface area contributed by atoms with Gasteiger partial charge in [0.1, 0.15) is 11.6 Å². The third-order valence-corrected chi connectivity index (χ3v) is 7.66. The summed E-state index contributed by atoms with van der Waals surface area (Å²) >= 11 is 0. The van der Waals surface area contributed by atoms with Crippen molar-refractivity contribution in [3.63, 3.8) is 0 Å². The van der Waals surface area contributed by atoms with Crippen LogP contribution in [-0.4, -0.2) is 18.0 Å². The third kappa shape index (κ3) is 7.65. The zero-order valence-corrected chi connectivity index (χ0v) is 22.2. The molecule has 196 valence electrons. The van der Waals surface area contributed by atoms with Gasteiger partial charge in [0, 0.05) is 6.07 Å². The van der Waals surface area contributed by atoms with Crippen molar-refractivity contribution >= 4 is 11.9 Å². The Hall–Kier alpha value is -2.69. The minimum Gasteiger partial charge on any atom is -0.459 e. The Bertz CT molecular complexity index is 988. The Kier molecular flexibility index (Phi) is 10.5. The first-order valence-electron chi connectivity index (χ1n) is 13.7. The van der Waals surface area contributed by atoms with E-state index in [1.54, 1.807) is 12.1 Å². The summed E-state index contributed by atoms with van der Waals surface area (Å²) in [4.78, 5) is 25.0. The van der Waals surface area contributed by atoms with Crippen LogP contribution < -0.4 is 4.74 Å². The average molecular weight is 497 g/mol. The van der Waals surface area contributed by atoms with Gasteiger partial charge < -0.3 is 9.47 Å². The van der Waals surface area contributed by atoms with Gasteiger partial charge in [0.05, 0.1) is 17.2 Å². The molecule has 4 nitrogen and oxygen atoms in total. The molecule has 1 atom stereocenters. The van der Waals surface area contributed by atoms with Gasteiger partial charge in [-0.05, 0) is 86.6 Å². The lowest BCUT2D eigenvalue weighted by atomic mass is 9.77. The van der Waals surface area contributed by atoms with Crippen LogP contribution in [0.1, 0.15) is 118 Å². The van der Waals surface area contributed by atoms with Crippen molar-refractivity contribution in [2.45, 2.75) is 97.5 Å². The number of benzene rings is 2. The second-order valence-electron chi connectivity index (χ2n) is 10.3. The average Bonchev–Trinajstić information content (AvgIpc) is 2.88. The first-order chi connectivity index (χ1) is 17.3. The summed E-state index contributed by atoms with van der Waals surface area (Å²) in [5, 5.41) is 0. The first-order valence-corrected chi connectivity index (χ1v) is 13.7. The molecular weight excluding hydrogens is 455 g/mol. The number of rotatable bonds is 11. The number of carbonyl (C=O) groups is 2. The third-order valence-electron chi connectivity index (χ3n) is 7.66. The highest BCUT2D eigenvalue weighted by Gasteiger charge is 2.23. The fourth-order valence-corrected chi connectivity index (χ4v) is 5.36. The van der Waals surface area contributed by atoms with Crippen LogP contribution >= 0.6 is 0 Å². The first kappa shape index (κ1) is 27.9. The Morgan fingerprint density at radius 3 is 2.19 bits per heavy atom. The van der Waals surface area contributed by atoms with Crippen molar-refractivity contribution < 1.29 is 23.5 Å². The molecule has 0 saturated heterocycles. The predicted molar refractivity (Wildman–Crippen MR) is 141 cm³/mol.